The van der Waals surface area contributed by atoms with E-state index in [1.54, 1.807) is 4.88 Å². The highest BCUT2D eigenvalue weighted by Gasteiger charge is 2.42. The number of anilines is 1. The maximum Gasteiger partial charge on any atom is 0.144 e. The normalized spacial score (nSPS) is 20.5. The van der Waals surface area contributed by atoms with Crippen molar-refractivity contribution in [2.45, 2.75) is 63.1 Å². The fourth-order valence-electron chi connectivity index (χ4n) is 10.3. The highest BCUT2D eigenvalue weighted by molar-refractivity contribution is 7.12. The molecule has 3 atom stereocenters. The SMILES string of the molecule is C1=Cc2c(sc3c2C=CC(N(c2ccc(-c4cc5ccc6c7c(n(-c8ccccc8)c(c4)c57)CCC=6)cc2)C2CCC=C4c5ccccc5OC42)C3)CC1. The van der Waals surface area contributed by atoms with Gasteiger partial charge in [-0.3, -0.25) is 0 Å². The molecule has 1 aliphatic heterocycles. The molecule has 0 radical (unpaired) electrons. The number of rotatable bonds is 5. The van der Waals surface area contributed by atoms with Gasteiger partial charge < -0.3 is 14.2 Å². The Morgan fingerprint density at radius 1 is 0.722 bits per heavy atom. The van der Waals surface area contributed by atoms with Gasteiger partial charge in [0.25, 0.3) is 0 Å². The van der Waals surface area contributed by atoms with E-state index in [0.29, 0.717) is 0 Å². The van der Waals surface area contributed by atoms with E-state index < -0.39 is 0 Å². The number of thiophene rings is 1. The summed E-state index contributed by atoms with van der Waals surface area (Å²) in [5.41, 5.74) is 13.3. The Labute approximate surface area is 319 Å². The van der Waals surface area contributed by atoms with Crippen LogP contribution in [0.4, 0.5) is 5.69 Å². The first-order chi connectivity index (χ1) is 26.8. The molecule has 7 aromatic rings. The minimum Gasteiger partial charge on any atom is -0.483 e. The zero-order valence-electron chi connectivity index (χ0n) is 30.2. The molecule has 0 fully saturated rings. The van der Waals surface area contributed by atoms with Crippen LogP contribution in [0.3, 0.4) is 0 Å². The molecule has 12 rings (SSSR count). The largest absolute Gasteiger partial charge is 0.483 e. The van der Waals surface area contributed by atoms with Crippen molar-refractivity contribution in [1.82, 2.24) is 4.57 Å². The molecule has 0 N–H and O–H groups in total. The van der Waals surface area contributed by atoms with Crippen molar-refractivity contribution in [2.75, 3.05) is 4.90 Å². The van der Waals surface area contributed by atoms with Crippen molar-refractivity contribution in [3.05, 3.63) is 159 Å². The van der Waals surface area contributed by atoms with Crippen LogP contribution in [0.5, 0.6) is 5.75 Å². The highest BCUT2D eigenvalue weighted by Crippen LogP contribution is 2.46. The smallest absolute Gasteiger partial charge is 0.144 e. The summed E-state index contributed by atoms with van der Waals surface area (Å²) >= 11 is 2.04. The second kappa shape index (κ2) is 12.0. The van der Waals surface area contributed by atoms with E-state index >= 15 is 0 Å². The molecule has 3 nitrogen and oxygen atoms in total. The number of fused-ring (bicyclic) bond motifs is 6. The van der Waals surface area contributed by atoms with E-state index in [2.05, 4.69) is 149 Å². The summed E-state index contributed by atoms with van der Waals surface area (Å²) in [4.78, 5) is 5.80. The van der Waals surface area contributed by atoms with Gasteiger partial charge in [-0.2, -0.15) is 0 Å². The van der Waals surface area contributed by atoms with E-state index in [9.17, 15) is 0 Å². The number of para-hydroxylation sites is 2. The third-order valence-electron chi connectivity index (χ3n) is 12.7. The van der Waals surface area contributed by atoms with Gasteiger partial charge >= 0.3 is 0 Å². The molecule has 0 saturated carbocycles. The van der Waals surface area contributed by atoms with Gasteiger partial charge in [-0.1, -0.05) is 97.1 Å². The van der Waals surface area contributed by atoms with Gasteiger partial charge in [-0.15, -0.1) is 11.3 Å². The summed E-state index contributed by atoms with van der Waals surface area (Å²) in [5, 5.41) is 5.51. The molecule has 5 aromatic carbocycles. The lowest BCUT2D eigenvalue weighted by molar-refractivity contribution is 0.220. The zero-order valence-corrected chi connectivity index (χ0v) is 31.0. The molecule has 5 aliphatic rings. The highest BCUT2D eigenvalue weighted by atomic mass is 32.1. The van der Waals surface area contributed by atoms with E-state index in [-0.39, 0.29) is 18.2 Å². The Morgan fingerprint density at radius 2 is 1.59 bits per heavy atom. The van der Waals surface area contributed by atoms with Crippen LogP contribution in [0.25, 0.3) is 62.3 Å². The number of ether oxygens (including phenoxy) is 1. The molecule has 0 amide bonds. The minimum atomic E-state index is 0.0168. The molecular formula is C50H40N2OS. The lowest BCUT2D eigenvalue weighted by Gasteiger charge is -2.43. The van der Waals surface area contributed by atoms with Gasteiger partial charge in [0.15, 0.2) is 0 Å². The van der Waals surface area contributed by atoms with Crippen LogP contribution in [-0.2, 0) is 19.3 Å². The Kier molecular flexibility index (Phi) is 6.83. The van der Waals surface area contributed by atoms with E-state index in [4.69, 9.17) is 4.74 Å². The van der Waals surface area contributed by atoms with Gasteiger partial charge in [0.2, 0.25) is 0 Å². The predicted octanol–water partition coefficient (Wildman–Crippen LogP) is 11.4. The third-order valence-corrected chi connectivity index (χ3v) is 14.0. The standard InChI is InChI=1S/C50H40N2OS/c1-2-11-35(12-3-1)52-42-16-8-10-32-20-21-33-28-34(29-44(52)49(33)48(32)42)31-22-24-36(25-23-31)51(37-26-27-40-39-14-5-7-19-46(39)54-47(40)30-37)43-17-9-15-41-38-13-4-6-18-45(38)53-50(41)43/h1-6,10-15,18,20-29,37,43,50H,7-9,16-17,19,30H2. The summed E-state index contributed by atoms with van der Waals surface area (Å²) in [6.07, 6.45) is 22.1. The zero-order chi connectivity index (χ0) is 35.3. The van der Waals surface area contributed by atoms with Crippen molar-refractivity contribution in [3.63, 3.8) is 0 Å². The van der Waals surface area contributed by atoms with Crippen LogP contribution in [0.1, 0.15) is 57.8 Å². The first-order valence-electron chi connectivity index (χ1n) is 19.8. The number of nitrogens with zero attached hydrogens (tertiary/aromatic N) is 2. The summed E-state index contributed by atoms with van der Waals surface area (Å²) in [5.74, 6) is 1.02. The molecular weight excluding hydrogens is 677 g/mol. The number of aromatic nitrogens is 1. The van der Waals surface area contributed by atoms with Crippen LogP contribution >= 0.6 is 11.3 Å². The first kappa shape index (κ1) is 30.8. The number of hydrogen-bond acceptors (Lipinski definition) is 3. The molecule has 54 heavy (non-hydrogen) atoms. The van der Waals surface area contributed by atoms with Crippen molar-refractivity contribution >= 4 is 62.5 Å². The van der Waals surface area contributed by atoms with Gasteiger partial charge in [-0.25, -0.2) is 0 Å². The fourth-order valence-corrected chi connectivity index (χ4v) is 11.7. The van der Waals surface area contributed by atoms with Crippen molar-refractivity contribution in [2.24, 2.45) is 0 Å². The number of allylic oxidation sites excluding steroid dienone is 2. The Morgan fingerprint density at radius 3 is 2.52 bits per heavy atom. The second-order valence-electron chi connectivity index (χ2n) is 15.6. The first-order valence-corrected chi connectivity index (χ1v) is 20.6. The fraction of sp³-hybridized carbons (Fsp3) is 0.200. The van der Waals surface area contributed by atoms with Crippen LogP contribution in [0.2, 0.25) is 0 Å². The second-order valence-corrected chi connectivity index (χ2v) is 16.8. The lowest BCUT2D eigenvalue weighted by atomic mass is 9.85. The van der Waals surface area contributed by atoms with Gasteiger partial charge in [0.1, 0.15) is 11.9 Å². The molecule has 0 bridgehead atoms. The summed E-state index contributed by atoms with van der Waals surface area (Å²) in [6, 6.07) is 39.0. The summed E-state index contributed by atoms with van der Waals surface area (Å²) in [7, 11) is 0. The molecule has 262 valence electrons. The molecule has 2 aromatic heterocycles. The lowest BCUT2D eigenvalue weighted by Crippen LogP contribution is -2.52. The number of hydrogen-bond donors (Lipinski definition) is 0. The summed E-state index contributed by atoms with van der Waals surface area (Å²) < 4.78 is 9.38. The van der Waals surface area contributed by atoms with E-state index in [0.717, 1.165) is 50.7 Å². The monoisotopic (exact) mass is 716 g/mol. The maximum atomic E-state index is 6.84. The topological polar surface area (TPSA) is 17.4 Å². The van der Waals surface area contributed by atoms with Crippen LogP contribution in [0, 0.1) is 0 Å². The van der Waals surface area contributed by atoms with Crippen LogP contribution < -0.4 is 14.9 Å². The average molecular weight is 717 g/mol. The molecule has 4 aliphatic carbocycles. The van der Waals surface area contributed by atoms with Gasteiger partial charge in [0, 0.05) is 55.2 Å². The number of benzene rings is 5. The van der Waals surface area contributed by atoms with Crippen LogP contribution in [-0.4, -0.2) is 22.8 Å². The Balaban J connectivity index is 0.964. The van der Waals surface area contributed by atoms with Gasteiger partial charge in [0.05, 0.1) is 17.6 Å². The average Bonchev–Trinajstić information content (AvgIpc) is 3.91. The minimum absolute atomic E-state index is 0.0168. The molecule has 4 heteroatoms. The molecule has 0 spiro atoms. The van der Waals surface area contributed by atoms with E-state index in [1.807, 2.05) is 11.3 Å². The number of aryl methyl sites for hydroxylation is 2. The molecule has 3 unspecified atom stereocenters. The quantitative estimate of drug-likeness (QED) is 0.176. The predicted molar refractivity (Wildman–Crippen MR) is 227 cm³/mol. The van der Waals surface area contributed by atoms with E-state index in [1.165, 1.54) is 82.2 Å². The van der Waals surface area contributed by atoms with Crippen molar-refractivity contribution < 1.29 is 4.74 Å². The van der Waals surface area contributed by atoms with Gasteiger partial charge in [-0.05, 0) is 114 Å². The van der Waals surface area contributed by atoms with Crippen LogP contribution in [0.15, 0.2) is 121 Å². The molecule has 3 heterocycles. The molecule has 0 saturated heterocycles. The summed E-state index contributed by atoms with van der Waals surface area (Å²) in [6.45, 7) is 0. The maximum absolute atomic E-state index is 6.84. The Bertz CT molecular complexity index is 2800. The van der Waals surface area contributed by atoms with Crippen molar-refractivity contribution in [3.8, 4) is 22.6 Å². The third kappa shape index (κ3) is 4.59. The Hall–Kier alpha value is -5.58. The van der Waals surface area contributed by atoms with Crippen molar-refractivity contribution in [1.29, 1.82) is 0 Å².